The number of nitrogens with two attached hydrogens (primary N) is 1. The number of ether oxygens (including phenoxy) is 1. The highest BCUT2D eigenvalue weighted by atomic mass is 19.1. The lowest BCUT2D eigenvalue weighted by Crippen LogP contribution is -2.05. The maximum atomic E-state index is 13.8. The van der Waals surface area contributed by atoms with Crippen LogP contribution in [-0.2, 0) is 0 Å². The molecule has 0 aliphatic rings. The molecule has 0 bridgehead atoms. The van der Waals surface area contributed by atoms with Gasteiger partial charge in [0.05, 0.1) is 6.20 Å². The fraction of sp³-hybridized carbons (Fsp3) is 0.214. The molecule has 0 radical (unpaired) electrons. The van der Waals surface area contributed by atoms with E-state index in [9.17, 15) is 4.39 Å². The fourth-order valence-corrected chi connectivity index (χ4v) is 1.52. The SMILES string of the molecule is Cc1ccc(Oc2ccc(C(C)N)cc2F)cn1. The number of hydrogen-bond donors (Lipinski definition) is 1. The van der Waals surface area contributed by atoms with E-state index in [4.69, 9.17) is 10.5 Å². The van der Waals surface area contributed by atoms with E-state index in [-0.39, 0.29) is 11.8 Å². The quantitative estimate of drug-likeness (QED) is 0.903. The van der Waals surface area contributed by atoms with E-state index in [1.807, 2.05) is 13.0 Å². The summed E-state index contributed by atoms with van der Waals surface area (Å²) in [6.07, 6.45) is 1.56. The van der Waals surface area contributed by atoms with E-state index in [0.717, 1.165) is 11.3 Å². The maximum Gasteiger partial charge on any atom is 0.166 e. The smallest absolute Gasteiger partial charge is 0.166 e. The van der Waals surface area contributed by atoms with Crippen molar-refractivity contribution in [1.82, 2.24) is 4.98 Å². The Labute approximate surface area is 105 Å². The minimum absolute atomic E-state index is 0.171. The molecule has 2 N–H and O–H groups in total. The van der Waals surface area contributed by atoms with Crippen molar-refractivity contribution in [3.63, 3.8) is 0 Å². The summed E-state index contributed by atoms with van der Waals surface area (Å²) in [6.45, 7) is 3.68. The van der Waals surface area contributed by atoms with Gasteiger partial charge in [0.1, 0.15) is 5.75 Å². The number of benzene rings is 1. The third-order valence-corrected chi connectivity index (χ3v) is 2.59. The van der Waals surface area contributed by atoms with Crippen LogP contribution in [0.15, 0.2) is 36.5 Å². The van der Waals surface area contributed by atoms with Crippen molar-refractivity contribution in [2.24, 2.45) is 5.73 Å². The summed E-state index contributed by atoms with van der Waals surface area (Å²) < 4.78 is 19.2. The van der Waals surface area contributed by atoms with E-state index >= 15 is 0 Å². The zero-order valence-electron chi connectivity index (χ0n) is 10.4. The number of halogens is 1. The van der Waals surface area contributed by atoms with Crippen LogP contribution < -0.4 is 10.5 Å². The van der Waals surface area contributed by atoms with Crippen molar-refractivity contribution in [1.29, 1.82) is 0 Å². The molecule has 0 saturated heterocycles. The highest BCUT2D eigenvalue weighted by molar-refractivity contribution is 5.34. The van der Waals surface area contributed by atoms with Crippen molar-refractivity contribution in [2.75, 3.05) is 0 Å². The molecule has 2 rings (SSSR count). The Morgan fingerprint density at radius 1 is 1.28 bits per heavy atom. The number of rotatable bonds is 3. The minimum atomic E-state index is -0.426. The number of aromatic nitrogens is 1. The van der Waals surface area contributed by atoms with Gasteiger partial charge in [0.2, 0.25) is 0 Å². The molecule has 1 atom stereocenters. The van der Waals surface area contributed by atoms with Gasteiger partial charge in [0.15, 0.2) is 11.6 Å². The van der Waals surface area contributed by atoms with Gasteiger partial charge >= 0.3 is 0 Å². The van der Waals surface area contributed by atoms with Gasteiger partial charge in [-0.05, 0) is 43.7 Å². The largest absolute Gasteiger partial charge is 0.453 e. The lowest BCUT2D eigenvalue weighted by atomic mass is 10.1. The van der Waals surface area contributed by atoms with E-state index in [1.165, 1.54) is 6.07 Å². The third-order valence-electron chi connectivity index (χ3n) is 2.59. The summed E-state index contributed by atoms with van der Waals surface area (Å²) in [7, 11) is 0. The molecule has 0 amide bonds. The molecule has 0 fully saturated rings. The first kappa shape index (κ1) is 12.5. The zero-order valence-corrected chi connectivity index (χ0v) is 10.4. The second-order valence-electron chi connectivity index (χ2n) is 4.22. The predicted molar refractivity (Wildman–Crippen MR) is 68.1 cm³/mol. The van der Waals surface area contributed by atoms with E-state index < -0.39 is 5.82 Å². The Morgan fingerprint density at radius 3 is 2.61 bits per heavy atom. The van der Waals surface area contributed by atoms with Crippen LogP contribution in [0.1, 0.15) is 24.2 Å². The van der Waals surface area contributed by atoms with Crippen LogP contribution in [0.5, 0.6) is 11.5 Å². The first-order valence-corrected chi connectivity index (χ1v) is 5.72. The van der Waals surface area contributed by atoms with Crippen LogP contribution in [0.3, 0.4) is 0 Å². The zero-order chi connectivity index (χ0) is 13.1. The Kier molecular flexibility index (Phi) is 3.58. The van der Waals surface area contributed by atoms with Gasteiger partial charge in [0.25, 0.3) is 0 Å². The Hall–Kier alpha value is -1.94. The number of hydrogen-bond acceptors (Lipinski definition) is 3. The molecule has 0 aliphatic heterocycles. The highest BCUT2D eigenvalue weighted by Crippen LogP contribution is 2.26. The molecule has 0 saturated carbocycles. The van der Waals surface area contributed by atoms with Crippen LogP contribution in [0.2, 0.25) is 0 Å². The Morgan fingerprint density at radius 2 is 2.06 bits per heavy atom. The van der Waals surface area contributed by atoms with Crippen molar-refractivity contribution >= 4 is 0 Å². The Balaban J connectivity index is 2.22. The van der Waals surface area contributed by atoms with Gasteiger partial charge in [-0.25, -0.2) is 4.39 Å². The van der Waals surface area contributed by atoms with Crippen molar-refractivity contribution in [3.8, 4) is 11.5 Å². The monoisotopic (exact) mass is 246 g/mol. The predicted octanol–water partition coefficient (Wildman–Crippen LogP) is 3.34. The molecule has 1 heterocycles. The number of pyridine rings is 1. The molecule has 1 aromatic carbocycles. The second-order valence-corrected chi connectivity index (χ2v) is 4.22. The molecule has 1 unspecified atom stereocenters. The number of aryl methyl sites for hydroxylation is 1. The van der Waals surface area contributed by atoms with Crippen LogP contribution in [0, 0.1) is 12.7 Å². The second kappa shape index (κ2) is 5.14. The maximum absolute atomic E-state index is 13.8. The molecule has 4 heteroatoms. The van der Waals surface area contributed by atoms with Gasteiger partial charge in [-0.3, -0.25) is 4.98 Å². The first-order valence-electron chi connectivity index (χ1n) is 5.72. The summed E-state index contributed by atoms with van der Waals surface area (Å²) >= 11 is 0. The number of nitrogens with zero attached hydrogens (tertiary/aromatic N) is 1. The minimum Gasteiger partial charge on any atom is -0.453 e. The van der Waals surface area contributed by atoms with Gasteiger partial charge < -0.3 is 10.5 Å². The molecule has 1 aromatic heterocycles. The lowest BCUT2D eigenvalue weighted by Gasteiger charge is -2.10. The summed E-state index contributed by atoms with van der Waals surface area (Å²) in [5.41, 5.74) is 7.31. The lowest BCUT2D eigenvalue weighted by molar-refractivity contribution is 0.439. The van der Waals surface area contributed by atoms with E-state index in [1.54, 1.807) is 31.3 Å². The Bertz CT molecular complexity index is 538. The molecule has 2 aromatic rings. The molecule has 18 heavy (non-hydrogen) atoms. The van der Waals surface area contributed by atoms with Crippen LogP contribution in [-0.4, -0.2) is 4.98 Å². The summed E-state index contributed by atoms with van der Waals surface area (Å²) in [4.78, 5) is 4.08. The molecular weight excluding hydrogens is 231 g/mol. The first-order chi connectivity index (χ1) is 8.56. The fourth-order valence-electron chi connectivity index (χ4n) is 1.52. The van der Waals surface area contributed by atoms with E-state index in [0.29, 0.717) is 5.75 Å². The summed E-state index contributed by atoms with van der Waals surface area (Å²) in [5.74, 6) is 0.253. The average molecular weight is 246 g/mol. The molecule has 0 spiro atoms. The average Bonchev–Trinajstić information content (AvgIpc) is 2.34. The topological polar surface area (TPSA) is 48.1 Å². The van der Waals surface area contributed by atoms with Crippen LogP contribution in [0.4, 0.5) is 4.39 Å². The van der Waals surface area contributed by atoms with Crippen molar-refractivity contribution in [3.05, 3.63) is 53.6 Å². The highest BCUT2D eigenvalue weighted by Gasteiger charge is 2.08. The molecule has 3 nitrogen and oxygen atoms in total. The normalized spacial score (nSPS) is 12.2. The van der Waals surface area contributed by atoms with Gasteiger partial charge in [-0.1, -0.05) is 6.07 Å². The standard InChI is InChI=1S/C14H15FN2O/c1-9-3-5-12(8-17-9)18-14-6-4-11(10(2)16)7-13(14)15/h3-8,10H,16H2,1-2H3. The van der Waals surface area contributed by atoms with Crippen LogP contribution in [0.25, 0.3) is 0 Å². The van der Waals surface area contributed by atoms with E-state index in [2.05, 4.69) is 4.98 Å². The third kappa shape index (κ3) is 2.84. The van der Waals surface area contributed by atoms with Gasteiger partial charge in [-0.2, -0.15) is 0 Å². The van der Waals surface area contributed by atoms with Gasteiger partial charge in [0, 0.05) is 11.7 Å². The van der Waals surface area contributed by atoms with Crippen LogP contribution >= 0.6 is 0 Å². The summed E-state index contributed by atoms with van der Waals surface area (Å²) in [6, 6.07) is 8.08. The van der Waals surface area contributed by atoms with Crippen molar-refractivity contribution < 1.29 is 9.13 Å². The van der Waals surface area contributed by atoms with Crippen molar-refractivity contribution in [2.45, 2.75) is 19.9 Å². The molecular formula is C14H15FN2O. The molecule has 94 valence electrons. The summed E-state index contributed by atoms with van der Waals surface area (Å²) in [5, 5.41) is 0. The molecule has 0 aliphatic carbocycles. The van der Waals surface area contributed by atoms with Gasteiger partial charge in [-0.15, -0.1) is 0 Å².